The molecule has 1 aliphatic carbocycles. The molecule has 96 valence electrons. The highest BCUT2D eigenvalue weighted by Crippen LogP contribution is 2.48. The Morgan fingerprint density at radius 2 is 2.06 bits per heavy atom. The van der Waals surface area contributed by atoms with Crippen LogP contribution >= 0.6 is 0 Å². The first kappa shape index (κ1) is 12.4. The van der Waals surface area contributed by atoms with Gasteiger partial charge in [-0.15, -0.1) is 0 Å². The number of carbonyl (C=O) groups is 2. The highest BCUT2D eigenvalue weighted by atomic mass is 16.5. The molecule has 1 saturated heterocycles. The summed E-state index contributed by atoms with van der Waals surface area (Å²) in [7, 11) is 5.19. The Morgan fingerprint density at radius 1 is 1.41 bits per heavy atom. The number of carbonyl (C=O) groups excluding carboxylic acids is 2. The molecule has 1 atom stereocenters. The number of amides is 1. The number of methoxy groups -OCH3 is 1. The van der Waals surface area contributed by atoms with Crippen molar-refractivity contribution in [1.82, 2.24) is 9.80 Å². The van der Waals surface area contributed by atoms with Crippen molar-refractivity contribution in [3.8, 4) is 0 Å². The van der Waals surface area contributed by atoms with Crippen molar-refractivity contribution in [3.63, 3.8) is 0 Å². The van der Waals surface area contributed by atoms with Gasteiger partial charge in [0.05, 0.1) is 7.11 Å². The molecule has 0 aromatic carbocycles. The lowest BCUT2D eigenvalue weighted by atomic mass is 10.0. The molecule has 0 N–H and O–H groups in total. The van der Waals surface area contributed by atoms with Gasteiger partial charge >= 0.3 is 5.97 Å². The van der Waals surface area contributed by atoms with E-state index in [1.54, 1.807) is 11.9 Å². The topological polar surface area (TPSA) is 49.9 Å². The minimum absolute atomic E-state index is 0.0651. The van der Waals surface area contributed by atoms with Crippen molar-refractivity contribution in [1.29, 1.82) is 0 Å². The second-order valence-corrected chi connectivity index (χ2v) is 5.19. The van der Waals surface area contributed by atoms with Crippen LogP contribution in [0.5, 0.6) is 0 Å². The maximum atomic E-state index is 12.3. The van der Waals surface area contributed by atoms with Crippen molar-refractivity contribution in [2.75, 3.05) is 34.3 Å². The van der Waals surface area contributed by atoms with Gasteiger partial charge in [0.15, 0.2) is 0 Å². The van der Waals surface area contributed by atoms with Crippen LogP contribution in [0.15, 0.2) is 0 Å². The minimum Gasteiger partial charge on any atom is -0.468 e. The van der Waals surface area contributed by atoms with Crippen molar-refractivity contribution in [2.45, 2.75) is 25.3 Å². The van der Waals surface area contributed by atoms with Crippen LogP contribution in [0.4, 0.5) is 0 Å². The molecular formula is C12H20N2O3. The fourth-order valence-corrected chi connectivity index (χ4v) is 2.56. The second kappa shape index (κ2) is 4.29. The summed E-state index contributed by atoms with van der Waals surface area (Å²) in [6.45, 7) is 1.90. The van der Waals surface area contributed by atoms with Crippen LogP contribution in [0.25, 0.3) is 0 Å². The lowest BCUT2D eigenvalue weighted by Crippen LogP contribution is -2.45. The van der Waals surface area contributed by atoms with Crippen LogP contribution in [-0.4, -0.2) is 62.0 Å². The summed E-state index contributed by atoms with van der Waals surface area (Å²) in [5, 5.41) is 0. The molecule has 2 fully saturated rings. The molecule has 0 radical (unpaired) electrons. The lowest BCUT2D eigenvalue weighted by Gasteiger charge is -2.27. The summed E-state index contributed by atoms with van der Waals surface area (Å²) in [6.07, 6.45) is 2.24. The Morgan fingerprint density at radius 3 is 2.47 bits per heavy atom. The molecule has 2 rings (SSSR count). The number of ether oxygens (including phenoxy) is 1. The van der Waals surface area contributed by atoms with Crippen molar-refractivity contribution in [3.05, 3.63) is 0 Å². The summed E-state index contributed by atoms with van der Waals surface area (Å²) < 4.78 is 4.74. The van der Waals surface area contributed by atoms with E-state index in [0.29, 0.717) is 12.8 Å². The third-order valence-corrected chi connectivity index (χ3v) is 3.97. The van der Waals surface area contributed by atoms with E-state index >= 15 is 0 Å². The number of nitrogens with zero attached hydrogens (tertiary/aromatic N) is 2. The van der Waals surface area contributed by atoms with Crippen LogP contribution in [0.3, 0.4) is 0 Å². The molecule has 17 heavy (non-hydrogen) atoms. The summed E-state index contributed by atoms with van der Waals surface area (Å²) in [4.78, 5) is 27.9. The van der Waals surface area contributed by atoms with Crippen molar-refractivity contribution in [2.24, 2.45) is 5.41 Å². The van der Waals surface area contributed by atoms with Crippen LogP contribution < -0.4 is 0 Å². The maximum absolute atomic E-state index is 12.3. The zero-order valence-corrected chi connectivity index (χ0v) is 10.7. The molecule has 5 nitrogen and oxygen atoms in total. The number of hydrogen-bond acceptors (Lipinski definition) is 4. The molecule has 1 aliphatic heterocycles. The van der Waals surface area contributed by atoms with Crippen LogP contribution in [-0.2, 0) is 14.3 Å². The van der Waals surface area contributed by atoms with Gasteiger partial charge in [-0.1, -0.05) is 0 Å². The standard InChI is InChI=1S/C12H20N2O3/c1-13-7-4-9(8-13)14(2)10(15)12(5-6-12)11(16)17-3/h9H,4-8H2,1-3H3. The minimum atomic E-state index is -0.856. The number of rotatable bonds is 3. The predicted molar refractivity (Wildman–Crippen MR) is 62.4 cm³/mol. The average Bonchev–Trinajstić information content (AvgIpc) is 3.03. The van der Waals surface area contributed by atoms with E-state index < -0.39 is 5.41 Å². The van der Waals surface area contributed by atoms with Gasteiger partial charge in [0.1, 0.15) is 5.41 Å². The Balaban J connectivity index is 2.03. The van der Waals surface area contributed by atoms with Gasteiger partial charge in [-0.2, -0.15) is 0 Å². The first-order chi connectivity index (χ1) is 8.01. The fraction of sp³-hybridized carbons (Fsp3) is 0.833. The maximum Gasteiger partial charge on any atom is 0.321 e. The lowest BCUT2D eigenvalue weighted by molar-refractivity contribution is -0.156. The molecular weight excluding hydrogens is 220 g/mol. The van der Waals surface area contributed by atoms with E-state index in [1.807, 2.05) is 7.05 Å². The average molecular weight is 240 g/mol. The smallest absolute Gasteiger partial charge is 0.321 e. The van der Waals surface area contributed by atoms with Gasteiger partial charge in [-0.3, -0.25) is 9.59 Å². The zero-order valence-electron chi connectivity index (χ0n) is 10.7. The first-order valence-electron chi connectivity index (χ1n) is 6.05. The third kappa shape index (κ3) is 2.04. The Hall–Kier alpha value is -1.10. The number of likely N-dealkylation sites (N-methyl/N-ethyl adjacent to an activating group) is 2. The van der Waals surface area contributed by atoms with Crippen molar-refractivity contribution >= 4 is 11.9 Å². The quantitative estimate of drug-likeness (QED) is 0.518. The van der Waals surface area contributed by atoms with Gasteiger partial charge in [0.2, 0.25) is 5.91 Å². The molecule has 1 amide bonds. The van der Waals surface area contributed by atoms with Crippen molar-refractivity contribution < 1.29 is 14.3 Å². The van der Waals surface area contributed by atoms with E-state index in [2.05, 4.69) is 4.90 Å². The number of hydrogen-bond donors (Lipinski definition) is 0. The third-order valence-electron chi connectivity index (χ3n) is 3.97. The van der Waals surface area contributed by atoms with Gasteiger partial charge in [0.25, 0.3) is 0 Å². The van der Waals surface area contributed by atoms with E-state index in [-0.39, 0.29) is 17.9 Å². The Labute approximate surface area is 102 Å². The molecule has 1 saturated carbocycles. The molecule has 5 heteroatoms. The van der Waals surface area contributed by atoms with Gasteiger partial charge in [-0.25, -0.2) is 0 Å². The number of likely N-dealkylation sites (tertiary alicyclic amines) is 1. The summed E-state index contributed by atoms with van der Waals surface area (Å²) in [5.74, 6) is -0.439. The van der Waals surface area contributed by atoms with E-state index in [1.165, 1.54) is 7.11 Å². The summed E-state index contributed by atoms with van der Waals surface area (Å²) >= 11 is 0. The first-order valence-corrected chi connectivity index (χ1v) is 6.05. The van der Waals surface area contributed by atoms with E-state index in [9.17, 15) is 9.59 Å². The second-order valence-electron chi connectivity index (χ2n) is 5.19. The van der Waals surface area contributed by atoms with Crippen LogP contribution in [0.2, 0.25) is 0 Å². The zero-order chi connectivity index (χ0) is 12.6. The van der Waals surface area contributed by atoms with Gasteiger partial charge in [0, 0.05) is 19.6 Å². The van der Waals surface area contributed by atoms with Crippen LogP contribution in [0, 0.1) is 5.41 Å². The molecule has 1 unspecified atom stereocenters. The predicted octanol–water partition coefficient (Wildman–Crippen LogP) is 0.102. The Bertz CT molecular complexity index is 339. The monoisotopic (exact) mass is 240 g/mol. The van der Waals surface area contributed by atoms with Crippen LogP contribution in [0.1, 0.15) is 19.3 Å². The fourth-order valence-electron chi connectivity index (χ4n) is 2.56. The number of esters is 1. The van der Waals surface area contributed by atoms with E-state index in [0.717, 1.165) is 19.5 Å². The Kier molecular flexibility index (Phi) is 3.12. The van der Waals surface area contributed by atoms with Gasteiger partial charge < -0.3 is 14.5 Å². The molecule has 2 aliphatic rings. The normalized spacial score (nSPS) is 26.6. The molecule has 0 bridgehead atoms. The summed E-state index contributed by atoms with van der Waals surface area (Å²) in [5.41, 5.74) is -0.856. The SMILES string of the molecule is COC(=O)C1(C(=O)N(C)C2CCN(C)C2)CC1. The summed E-state index contributed by atoms with van der Waals surface area (Å²) in [6, 6.07) is 0.231. The van der Waals surface area contributed by atoms with Gasteiger partial charge in [-0.05, 0) is 32.9 Å². The highest BCUT2D eigenvalue weighted by Gasteiger charge is 2.59. The molecule has 0 spiro atoms. The molecule has 0 aromatic heterocycles. The highest BCUT2D eigenvalue weighted by molar-refractivity contribution is 6.05. The van der Waals surface area contributed by atoms with E-state index in [4.69, 9.17) is 4.74 Å². The molecule has 1 heterocycles. The molecule has 0 aromatic rings. The largest absolute Gasteiger partial charge is 0.468 e.